The van der Waals surface area contributed by atoms with E-state index in [0.29, 0.717) is 0 Å². The van der Waals surface area contributed by atoms with Crippen LogP contribution in [0.3, 0.4) is 0 Å². The van der Waals surface area contributed by atoms with Crippen molar-refractivity contribution in [2.75, 3.05) is 13.2 Å². The van der Waals surface area contributed by atoms with Crippen molar-refractivity contribution in [1.29, 1.82) is 0 Å². The summed E-state index contributed by atoms with van der Waals surface area (Å²) >= 11 is 0. The second-order valence-corrected chi connectivity index (χ2v) is 2.02. The van der Waals surface area contributed by atoms with Crippen LogP contribution in [-0.2, 0) is 4.74 Å². The molecule has 0 spiro atoms. The molecule has 3 nitrogen and oxygen atoms in total. The van der Waals surface area contributed by atoms with Crippen molar-refractivity contribution in [3.05, 3.63) is 0 Å². The van der Waals surface area contributed by atoms with E-state index in [4.69, 9.17) is 12.3 Å². The lowest BCUT2D eigenvalue weighted by Crippen LogP contribution is -2.38. The molecule has 0 aromatic carbocycles. The molecule has 70 valence electrons. The van der Waals surface area contributed by atoms with Crippen LogP contribution in [0.25, 0.3) is 0 Å². The van der Waals surface area contributed by atoms with Crippen LogP contribution in [0, 0.1) is 12.3 Å². The third kappa shape index (κ3) is 5.97. The Labute approximate surface area is 68.0 Å². The van der Waals surface area contributed by atoms with Gasteiger partial charge in [0.2, 0.25) is 0 Å². The number of terminal acetylenes is 1. The molecular formula is C6H9F3N2O. The molecule has 0 amide bonds. The van der Waals surface area contributed by atoms with Crippen molar-refractivity contribution in [3.63, 3.8) is 0 Å². The van der Waals surface area contributed by atoms with Crippen LogP contribution >= 0.6 is 0 Å². The van der Waals surface area contributed by atoms with Crippen LogP contribution in [-0.4, -0.2) is 25.4 Å². The smallest absolute Gasteiger partial charge is 0.369 e. The van der Waals surface area contributed by atoms with Crippen molar-refractivity contribution in [1.82, 2.24) is 5.43 Å². The summed E-state index contributed by atoms with van der Waals surface area (Å²) < 4.78 is 38.7. The number of nitrogens with two attached hydrogens (primary N) is 1. The normalized spacial score (nSPS) is 13.9. The highest BCUT2D eigenvalue weighted by Crippen LogP contribution is 2.14. The lowest BCUT2D eigenvalue weighted by atomic mass is 10.3. The van der Waals surface area contributed by atoms with Gasteiger partial charge in [-0.2, -0.15) is 13.2 Å². The summed E-state index contributed by atoms with van der Waals surface area (Å²) in [5.74, 6) is 6.99. The predicted octanol–water partition coefficient (Wildman–Crippen LogP) is 0.0304. The number of nitrogens with one attached hydrogen (secondary N) is 1. The molecule has 0 aromatic rings. The molecule has 12 heavy (non-hydrogen) atoms. The fourth-order valence-corrected chi connectivity index (χ4v) is 0.437. The molecule has 0 saturated heterocycles. The van der Waals surface area contributed by atoms with E-state index in [0.717, 1.165) is 0 Å². The number of hydrazine groups is 1. The summed E-state index contributed by atoms with van der Waals surface area (Å²) in [6.45, 7) is -1.57. The van der Waals surface area contributed by atoms with Gasteiger partial charge in [-0.05, 0) is 0 Å². The fraction of sp³-hybridized carbons (Fsp3) is 0.667. The zero-order valence-electron chi connectivity index (χ0n) is 6.19. The van der Waals surface area contributed by atoms with Crippen LogP contribution in [0.5, 0.6) is 0 Å². The summed E-state index contributed by atoms with van der Waals surface area (Å²) in [4.78, 5) is 0. The highest BCUT2D eigenvalue weighted by Gasteiger charge is 2.27. The number of hydrogen-bond acceptors (Lipinski definition) is 3. The lowest BCUT2D eigenvalue weighted by Gasteiger charge is -2.11. The zero-order chi connectivity index (χ0) is 9.61. The predicted molar refractivity (Wildman–Crippen MR) is 36.8 cm³/mol. The molecule has 0 saturated carbocycles. The van der Waals surface area contributed by atoms with E-state index in [-0.39, 0.29) is 6.61 Å². The van der Waals surface area contributed by atoms with Crippen molar-refractivity contribution in [2.24, 2.45) is 5.84 Å². The minimum atomic E-state index is -4.33. The SMILES string of the molecule is C#CC(COCC(F)(F)F)NN. The molecule has 0 heterocycles. The summed E-state index contributed by atoms with van der Waals surface area (Å²) in [7, 11) is 0. The average molecular weight is 182 g/mol. The summed E-state index contributed by atoms with van der Waals surface area (Å²) in [6.07, 6.45) is 0.554. The first-order valence-corrected chi connectivity index (χ1v) is 3.06. The van der Waals surface area contributed by atoms with Gasteiger partial charge in [-0.15, -0.1) is 6.42 Å². The summed E-state index contributed by atoms with van der Waals surface area (Å²) in [5, 5.41) is 0. The number of ether oxygens (including phenoxy) is 1. The molecule has 0 fully saturated rings. The van der Waals surface area contributed by atoms with E-state index < -0.39 is 18.8 Å². The van der Waals surface area contributed by atoms with E-state index >= 15 is 0 Å². The van der Waals surface area contributed by atoms with Gasteiger partial charge in [0.05, 0.1) is 6.61 Å². The van der Waals surface area contributed by atoms with Gasteiger partial charge in [0.25, 0.3) is 0 Å². The molecule has 0 radical (unpaired) electrons. The average Bonchev–Trinajstić information content (AvgIpc) is 1.96. The molecule has 0 rings (SSSR count). The second-order valence-electron chi connectivity index (χ2n) is 2.02. The van der Waals surface area contributed by atoms with Gasteiger partial charge in [-0.1, -0.05) is 5.92 Å². The van der Waals surface area contributed by atoms with Gasteiger partial charge < -0.3 is 4.74 Å². The molecular weight excluding hydrogens is 173 g/mol. The lowest BCUT2D eigenvalue weighted by molar-refractivity contribution is -0.174. The monoisotopic (exact) mass is 182 g/mol. The Morgan fingerprint density at radius 1 is 1.58 bits per heavy atom. The maximum atomic E-state index is 11.5. The molecule has 0 aliphatic carbocycles. The van der Waals surface area contributed by atoms with Crippen molar-refractivity contribution in [3.8, 4) is 12.3 Å². The fourth-order valence-electron chi connectivity index (χ4n) is 0.437. The van der Waals surface area contributed by atoms with E-state index in [2.05, 4.69) is 16.1 Å². The maximum absolute atomic E-state index is 11.5. The summed E-state index contributed by atoms with van der Waals surface area (Å²) in [5.41, 5.74) is 2.11. The highest BCUT2D eigenvalue weighted by atomic mass is 19.4. The number of alkyl halides is 3. The van der Waals surface area contributed by atoms with Crippen molar-refractivity contribution < 1.29 is 17.9 Å². The van der Waals surface area contributed by atoms with Crippen molar-refractivity contribution in [2.45, 2.75) is 12.2 Å². The van der Waals surface area contributed by atoms with E-state index in [1.165, 1.54) is 0 Å². The Balaban J connectivity index is 3.50. The minimum absolute atomic E-state index is 0.257. The van der Waals surface area contributed by atoms with E-state index in [1.807, 2.05) is 0 Å². The van der Waals surface area contributed by atoms with Gasteiger partial charge in [0.15, 0.2) is 0 Å². The standard InChI is InChI=1S/C6H9F3N2O/c1-2-5(11-10)3-12-4-6(7,8)9/h1,5,11H,3-4,10H2. The number of halogens is 3. The van der Waals surface area contributed by atoms with Crippen LogP contribution in [0.2, 0.25) is 0 Å². The number of rotatable bonds is 4. The third-order valence-corrected chi connectivity index (χ3v) is 0.953. The second kappa shape index (κ2) is 4.98. The third-order valence-electron chi connectivity index (χ3n) is 0.953. The molecule has 6 heteroatoms. The first-order chi connectivity index (χ1) is 5.49. The van der Waals surface area contributed by atoms with Crippen LogP contribution in [0.15, 0.2) is 0 Å². The minimum Gasteiger partial charge on any atom is -0.369 e. The Bertz CT molecular complexity index is 163. The Morgan fingerprint density at radius 2 is 2.17 bits per heavy atom. The van der Waals surface area contributed by atoms with Gasteiger partial charge in [-0.3, -0.25) is 5.84 Å². The van der Waals surface area contributed by atoms with Crippen LogP contribution in [0.1, 0.15) is 0 Å². The molecule has 0 aromatic heterocycles. The molecule has 1 unspecified atom stereocenters. The Hall–Kier alpha value is -0.770. The maximum Gasteiger partial charge on any atom is 0.411 e. The molecule has 3 N–H and O–H groups in total. The first kappa shape index (κ1) is 11.2. The molecule has 1 atom stereocenters. The van der Waals surface area contributed by atoms with Crippen molar-refractivity contribution >= 4 is 0 Å². The van der Waals surface area contributed by atoms with Crippen LogP contribution < -0.4 is 11.3 Å². The largest absolute Gasteiger partial charge is 0.411 e. The molecule has 0 aliphatic heterocycles. The molecule has 0 aliphatic rings. The summed E-state index contributed by atoms with van der Waals surface area (Å²) in [6, 6.07) is -0.688. The van der Waals surface area contributed by atoms with Gasteiger partial charge >= 0.3 is 6.18 Å². The van der Waals surface area contributed by atoms with Crippen LogP contribution in [0.4, 0.5) is 13.2 Å². The Morgan fingerprint density at radius 3 is 2.50 bits per heavy atom. The van der Waals surface area contributed by atoms with E-state index in [9.17, 15) is 13.2 Å². The van der Waals surface area contributed by atoms with E-state index in [1.54, 1.807) is 0 Å². The molecule has 0 bridgehead atoms. The van der Waals surface area contributed by atoms with Gasteiger partial charge in [-0.25, -0.2) is 5.43 Å². The van der Waals surface area contributed by atoms with Gasteiger partial charge in [0.1, 0.15) is 12.6 Å². The topological polar surface area (TPSA) is 47.3 Å². The van der Waals surface area contributed by atoms with Gasteiger partial charge in [0, 0.05) is 0 Å². The first-order valence-electron chi connectivity index (χ1n) is 3.06. The quantitative estimate of drug-likeness (QED) is 0.366. The Kier molecular flexibility index (Phi) is 4.66. The zero-order valence-corrected chi connectivity index (χ0v) is 6.19. The number of hydrogen-bond donors (Lipinski definition) is 2. The highest BCUT2D eigenvalue weighted by molar-refractivity contribution is 4.97.